The van der Waals surface area contributed by atoms with Gasteiger partial charge in [0.1, 0.15) is 0 Å². The van der Waals surface area contributed by atoms with Gasteiger partial charge in [-0.25, -0.2) is 4.99 Å². The van der Waals surface area contributed by atoms with Gasteiger partial charge in [-0.1, -0.05) is 6.08 Å². The first-order valence-electron chi connectivity index (χ1n) is 4.24. The third-order valence-corrected chi connectivity index (χ3v) is 2.04. The van der Waals surface area contributed by atoms with E-state index in [9.17, 15) is 0 Å². The van der Waals surface area contributed by atoms with Crippen LogP contribution in [0.25, 0.3) is 0 Å². The second-order valence-electron chi connectivity index (χ2n) is 2.94. The Balaban J connectivity index is 2.59. The number of hydrogen-bond donors (Lipinski definition) is 1. The van der Waals surface area contributed by atoms with Gasteiger partial charge in [0.15, 0.2) is 5.90 Å². The van der Waals surface area contributed by atoms with Gasteiger partial charge in [-0.2, -0.15) is 0 Å². The molecule has 12 heavy (non-hydrogen) atoms. The number of rotatable bonds is 2. The van der Waals surface area contributed by atoms with Gasteiger partial charge < -0.3 is 10.1 Å². The Hall–Kier alpha value is -0.830. The molecule has 1 heterocycles. The molecule has 3 nitrogen and oxygen atoms in total. The van der Waals surface area contributed by atoms with E-state index in [0.29, 0.717) is 5.92 Å². The maximum absolute atomic E-state index is 5.20. The normalized spacial score (nSPS) is 20.6. The first kappa shape index (κ1) is 9.26. The molecule has 3 heteroatoms. The number of nitrogens with one attached hydrogen (secondary N) is 1. The lowest BCUT2D eigenvalue weighted by Crippen LogP contribution is -2.47. The van der Waals surface area contributed by atoms with E-state index in [0.717, 1.165) is 24.7 Å². The van der Waals surface area contributed by atoms with Gasteiger partial charge in [0.25, 0.3) is 0 Å². The van der Waals surface area contributed by atoms with Crippen LogP contribution in [0.3, 0.4) is 0 Å². The average Bonchev–Trinajstić information content (AvgIpc) is 1.99. The zero-order valence-corrected chi connectivity index (χ0v) is 7.92. The van der Waals surface area contributed by atoms with E-state index < -0.39 is 0 Å². The van der Waals surface area contributed by atoms with E-state index in [2.05, 4.69) is 10.3 Å². The van der Waals surface area contributed by atoms with Gasteiger partial charge in [-0.3, -0.25) is 0 Å². The molecule has 0 radical (unpaired) electrons. The molecular formula is C9H16N2O. The molecule has 0 amide bonds. The SMILES string of the molecule is C/C=C(/C)N=C(OC)C1CNC1. The Morgan fingerprint density at radius 2 is 2.25 bits per heavy atom. The Morgan fingerprint density at radius 1 is 1.58 bits per heavy atom. The molecule has 0 aliphatic carbocycles. The van der Waals surface area contributed by atoms with Crippen LogP contribution in [0.4, 0.5) is 0 Å². The summed E-state index contributed by atoms with van der Waals surface area (Å²) in [5.41, 5.74) is 1.01. The smallest absolute Gasteiger partial charge is 0.193 e. The summed E-state index contributed by atoms with van der Waals surface area (Å²) >= 11 is 0. The van der Waals surface area contributed by atoms with Crippen molar-refractivity contribution in [3.8, 4) is 0 Å². The summed E-state index contributed by atoms with van der Waals surface area (Å²) in [6.07, 6.45) is 1.98. The van der Waals surface area contributed by atoms with Gasteiger partial charge in [-0.05, 0) is 13.8 Å². The zero-order valence-electron chi connectivity index (χ0n) is 7.92. The van der Waals surface area contributed by atoms with E-state index in [1.165, 1.54) is 0 Å². The highest BCUT2D eigenvalue weighted by atomic mass is 16.5. The lowest BCUT2D eigenvalue weighted by atomic mass is 10.0. The quantitative estimate of drug-likeness (QED) is 0.496. The van der Waals surface area contributed by atoms with Gasteiger partial charge >= 0.3 is 0 Å². The van der Waals surface area contributed by atoms with Crippen molar-refractivity contribution in [1.29, 1.82) is 0 Å². The molecule has 0 aromatic heterocycles. The number of methoxy groups -OCH3 is 1. The predicted molar refractivity (Wildman–Crippen MR) is 50.2 cm³/mol. The van der Waals surface area contributed by atoms with E-state index >= 15 is 0 Å². The molecule has 68 valence electrons. The number of hydrogen-bond acceptors (Lipinski definition) is 3. The second-order valence-corrected chi connectivity index (χ2v) is 2.94. The highest BCUT2D eigenvalue weighted by Gasteiger charge is 2.23. The summed E-state index contributed by atoms with van der Waals surface area (Å²) < 4.78 is 5.20. The van der Waals surface area contributed by atoms with Crippen molar-refractivity contribution in [2.75, 3.05) is 20.2 Å². The highest BCUT2D eigenvalue weighted by molar-refractivity contribution is 5.81. The van der Waals surface area contributed by atoms with Crippen molar-refractivity contribution in [3.63, 3.8) is 0 Å². The lowest BCUT2D eigenvalue weighted by Gasteiger charge is -2.27. The molecule has 1 saturated heterocycles. The molecule has 0 bridgehead atoms. The third kappa shape index (κ3) is 2.08. The Kier molecular flexibility index (Phi) is 3.29. The zero-order chi connectivity index (χ0) is 8.97. The van der Waals surface area contributed by atoms with Crippen molar-refractivity contribution in [2.45, 2.75) is 13.8 Å². The van der Waals surface area contributed by atoms with Crippen LogP contribution in [0, 0.1) is 5.92 Å². The summed E-state index contributed by atoms with van der Waals surface area (Å²) in [6.45, 7) is 5.93. The summed E-state index contributed by atoms with van der Waals surface area (Å²) in [5.74, 6) is 1.33. The minimum atomic E-state index is 0.477. The van der Waals surface area contributed by atoms with Crippen molar-refractivity contribution >= 4 is 5.90 Å². The minimum absolute atomic E-state index is 0.477. The summed E-state index contributed by atoms with van der Waals surface area (Å²) in [4.78, 5) is 4.35. The molecule has 1 rings (SSSR count). The van der Waals surface area contributed by atoms with E-state index in [-0.39, 0.29) is 0 Å². The highest BCUT2D eigenvalue weighted by Crippen LogP contribution is 2.09. The fourth-order valence-electron chi connectivity index (χ4n) is 1.01. The lowest BCUT2D eigenvalue weighted by molar-refractivity contribution is 0.321. The first-order chi connectivity index (χ1) is 5.77. The Morgan fingerprint density at radius 3 is 2.58 bits per heavy atom. The van der Waals surface area contributed by atoms with Crippen molar-refractivity contribution in [1.82, 2.24) is 5.32 Å². The molecule has 1 aliphatic heterocycles. The Bertz CT molecular complexity index is 205. The third-order valence-electron chi connectivity index (χ3n) is 2.04. The maximum Gasteiger partial charge on any atom is 0.193 e. The number of aliphatic imine (C=N–C) groups is 1. The van der Waals surface area contributed by atoms with E-state index in [1.54, 1.807) is 7.11 Å². The topological polar surface area (TPSA) is 33.6 Å². The average molecular weight is 168 g/mol. The predicted octanol–water partition coefficient (Wildman–Crippen LogP) is 1.17. The summed E-state index contributed by atoms with van der Waals surface area (Å²) in [5, 5.41) is 3.19. The van der Waals surface area contributed by atoms with Crippen LogP contribution >= 0.6 is 0 Å². The maximum atomic E-state index is 5.20. The summed E-state index contributed by atoms with van der Waals surface area (Å²) in [6, 6.07) is 0. The fraction of sp³-hybridized carbons (Fsp3) is 0.667. The van der Waals surface area contributed by atoms with Crippen molar-refractivity contribution in [3.05, 3.63) is 11.8 Å². The molecule has 1 N–H and O–H groups in total. The fourth-order valence-corrected chi connectivity index (χ4v) is 1.01. The molecule has 0 saturated carbocycles. The van der Waals surface area contributed by atoms with Gasteiger partial charge in [0.05, 0.1) is 13.0 Å². The van der Waals surface area contributed by atoms with Crippen LogP contribution in [0.2, 0.25) is 0 Å². The number of ether oxygens (including phenoxy) is 1. The van der Waals surface area contributed by atoms with E-state index in [1.807, 2.05) is 19.9 Å². The Labute approximate surface area is 73.5 Å². The van der Waals surface area contributed by atoms with E-state index in [4.69, 9.17) is 4.74 Å². The molecule has 0 aromatic carbocycles. The van der Waals surface area contributed by atoms with Crippen LogP contribution in [0.15, 0.2) is 16.8 Å². The minimum Gasteiger partial charge on any atom is -0.484 e. The van der Waals surface area contributed by atoms with Gasteiger partial charge in [0.2, 0.25) is 0 Å². The molecule has 0 atom stereocenters. The molecule has 0 spiro atoms. The van der Waals surface area contributed by atoms with Crippen LogP contribution in [0.1, 0.15) is 13.8 Å². The second kappa shape index (κ2) is 4.26. The molecule has 1 fully saturated rings. The largest absolute Gasteiger partial charge is 0.484 e. The van der Waals surface area contributed by atoms with Crippen LogP contribution < -0.4 is 5.32 Å². The van der Waals surface area contributed by atoms with Gasteiger partial charge in [-0.15, -0.1) is 0 Å². The molecule has 0 aromatic rings. The van der Waals surface area contributed by atoms with Crippen LogP contribution in [-0.4, -0.2) is 26.1 Å². The summed E-state index contributed by atoms with van der Waals surface area (Å²) in [7, 11) is 1.68. The monoisotopic (exact) mass is 168 g/mol. The molecular weight excluding hydrogens is 152 g/mol. The first-order valence-corrected chi connectivity index (χ1v) is 4.24. The molecule has 1 aliphatic rings. The van der Waals surface area contributed by atoms with Crippen molar-refractivity contribution < 1.29 is 4.74 Å². The standard InChI is InChI=1S/C9H16N2O/c1-4-7(2)11-9(12-3)8-5-10-6-8/h4,8,10H,5-6H2,1-3H3/b7-4-,11-9?. The number of allylic oxidation sites excluding steroid dienone is 2. The molecule has 0 unspecified atom stereocenters. The number of nitrogens with zero attached hydrogens (tertiary/aromatic N) is 1. The van der Waals surface area contributed by atoms with Gasteiger partial charge in [0, 0.05) is 18.8 Å². The van der Waals surface area contributed by atoms with Crippen LogP contribution in [-0.2, 0) is 4.74 Å². The van der Waals surface area contributed by atoms with Crippen LogP contribution in [0.5, 0.6) is 0 Å². The van der Waals surface area contributed by atoms with Crippen molar-refractivity contribution in [2.24, 2.45) is 10.9 Å².